The van der Waals surface area contributed by atoms with Crippen LogP contribution in [0.25, 0.3) is 0 Å². The van der Waals surface area contributed by atoms with E-state index in [4.69, 9.17) is 4.74 Å². The molecule has 0 radical (unpaired) electrons. The van der Waals surface area contributed by atoms with Crippen LogP contribution in [0.2, 0.25) is 0 Å². The highest BCUT2D eigenvalue weighted by molar-refractivity contribution is 5.75. The van der Waals surface area contributed by atoms with E-state index in [1.165, 1.54) is 11.1 Å². The van der Waals surface area contributed by atoms with E-state index >= 15 is 0 Å². The quantitative estimate of drug-likeness (QED) is 0.896. The van der Waals surface area contributed by atoms with Crippen molar-refractivity contribution in [1.29, 1.82) is 0 Å². The van der Waals surface area contributed by atoms with Crippen LogP contribution in [0.15, 0.2) is 18.2 Å². The predicted octanol–water partition coefficient (Wildman–Crippen LogP) is 2.55. The number of hydrogen-bond donors (Lipinski definition) is 2. The maximum atomic E-state index is 12.6. The molecular weight excluding hydrogens is 292 g/mol. The van der Waals surface area contributed by atoms with Crippen molar-refractivity contribution in [2.24, 2.45) is 0 Å². The Bertz CT molecular complexity index is 545. The van der Waals surface area contributed by atoms with Crippen LogP contribution >= 0.6 is 0 Å². The third-order valence-electron chi connectivity index (χ3n) is 4.34. The summed E-state index contributed by atoms with van der Waals surface area (Å²) in [6.07, 6.45) is 0.0825. The van der Waals surface area contributed by atoms with Gasteiger partial charge in [-0.3, -0.25) is 0 Å². The lowest BCUT2D eigenvalue weighted by Crippen LogP contribution is -2.53. The van der Waals surface area contributed by atoms with Crippen LogP contribution in [0.4, 0.5) is 4.79 Å². The van der Waals surface area contributed by atoms with Gasteiger partial charge in [-0.25, -0.2) is 4.79 Å². The smallest absolute Gasteiger partial charge is 0.318 e. The van der Waals surface area contributed by atoms with E-state index in [9.17, 15) is 9.90 Å². The first-order valence-corrected chi connectivity index (χ1v) is 8.28. The number of aliphatic hydroxyl groups excluding tert-OH is 1. The molecule has 1 aromatic rings. The van der Waals surface area contributed by atoms with Crippen LogP contribution in [-0.2, 0) is 4.74 Å². The molecule has 1 fully saturated rings. The number of nitrogens with one attached hydrogen (secondary N) is 1. The molecule has 1 aliphatic rings. The number of amides is 2. The van der Waals surface area contributed by atoms with Gasteiger partial charge in [-0.05, 0) is 45.2 Å². The van der Waals surface area contributed by atoms with E-state index in [1.807, 2.05) is 6.92 Å². The number of carbonyl (C=O) groups excluding carboxylic acids is 1. The molecule has 23 heavy (non-hydrogen) atoms. The number of aliphatic hydroxyl groups is 1. The Balaban J connectivity index is 2.05. The van der Waals surface area contributed by atoms with Gasteiger partial charge in [0.05, 0.1) is 31.4 Å². The molecule has 3 atom stereocenters. The van der Waals surface area contributed by atoms with Crippen LogP contribution in [0.5, 0.6) is 0 Å². The number of urea groups is 1. The number of nitrogens with zero attached hydrogens (tertiary/aromatic N) is 1. The summed E-state index contributed by atoms with van der Waals surface area (Å²) >= 11 is 0. The number of benzene rings is 1. The van der Waals surface area contributed by atoms with Gasteiger partial charge in [-0.15, -0.1) is 0 Å². The molecule has 1 aromatic carbocycles. The minimum atomic E-state index is -0.451. The normalized spacial score (nSPS) is 20.9. The Morgan fingerprint density at radius 3 is 2.87 bits per heavy atom. The zero-order chi connectivity index (χ0) is 17.0. The molecule has 2 N–H and O–H groups in total. The second-order valence-corrected chi connectivity index (χ2v) is 6.54. The lowest BCUT2D eigenvalue weighted by molar-refractivity contribution is -0.00474. The number of carbonyl (C=O) groups is 1. The summed E-state index contributed by atoms with van der Waals surface area (Å²) in [6.45, 7) is 9.44. The monoisotopic (exact) mass is 320 g/mol. The van der Waals surface area contributed by atoms with Gasteiger partial charge in [0.1, 0.15) is 0 Å². The van der Waals surface area contributed by atoms with Crippen LogP contribution in [-0.4, -0.2) is 47.9 Å². The molecule has 0 spiro atoms. The van der Waals surface area contributed by atoms with Crippen LogP contribution < -0.4 is 5.32 Å². The highest BCUT2D eigenvalue weighted by atomic mass is 16.5. The van der Waals surface area contributed by atoms with E-state index in [0.717, 1.165) is 5.56 Å². The fourth-order valence-corrected chi connectivity index (χ4v) is 3.08. The second-order valence-electron chi connectivity index (χ2n) is 6.54. The topological polar surface area (TPSA) is 61.8 Å². The Hall–Kier alpha value is -1.59. The first-order valence-electron chi connectivity index (χ1n) is 8.28. The third kappa shape index (κ3) is 4.69. The van der Waals surface area contributed by atoms with E-state index in [-0.39, 0.29) is 18.1 Å². The molecule has 128 valence electrons. The minimum absolute atomic E-state index is 0.0579. The maximum Gasteiger partial charge on any atom is 0.318 e. The van der Waals surface area contributed by atoms with Gasteiger partial charge in [0.15, 0.2) is 0 Å². The minimum Gasteiger partial charge on any atom is -0.393 e. The second kappa shape index (κ2) is 7.79. The van der Waals surface area contributed by atoms with Gasteiger partial charge in [0.25, 0.3) is 0 Å². The predicted molar refractivity (Wildman–Crippen MR) is 90.5 cm³/mol. The molecule has 0 bridgehead atoms. The van der Waals surface area contributed by atoms with E-state index in [0.29, 0.717) is 26.2 Å². The summed E-state index contributed by atoms with van der Waals surface area (Å²) in [6, 6.07) is 6.05. The first kappa shape index (κ1) is 17.8. The highest BCUT2D eigenvalue weighted by Gasteiger charge is 2.29. The lowest BCUT2D eigenvalue weighted by atomic mass is 10.00. The lowest BCUT2D eigenvalue weighted by Gasteiger charge is -2.37. The Morgan fingerprint density at radius 1 is 1.43 bits per heavy atom. The zero-order valence-corrected chi connectivity index (χ0v) is 14.5. The molecule has 0 aliphatic carbocycles. The molecule has 5 nitrogen and oxygen atoms in total. The van der Waals surface area contributed by atoms with Gasteiger partial charge in [0.2, 0.25) is 0 Å². The Morgan fingerprint density at radius 2 is 2.17 bits per heavy atom. The van der Waals surface area contributed by atoms with Gasteiger partial charge < -0.3 is 20.1 Å². The molecule has 0 aromatic heterocycles. The van der Waals surface area contributed by atoms with Gasteiger partial charge in [-0.1, -0.05) is 23.8 Å². The van der Waals surface area contributed by atoms with Crippen molar-refractivity contribution in [3.63, 3.8) is 0 Å². The molecule has 0 saturated carbocycles. The average Bonchev–Trinajstić information content (AvgIpc) is 2.49. The van der Waals surface area contributed by atoms with Crippen molar-refractivity contribution >= 4 is 6.03 Å². The van der Waals surface area contributed by atoms with Crippen LogP contribution in [0.1, 0.15) is 43.0 Å². The van der Waals surface area contributed by atoms with Crippen molar-refractivity contribution in [1.82, 2.24) is 10.2 Å². The Kier molecular flexibility index (Phi) is 6.02. The molecule has 2 rings (SSSR count). The molecule has 1 aliphatic heterocycles. The maximum absolute atomic E-state index is 12.6. The summed E-state index contributed by atoms with van der Waals surface area (Å²) in [5.74, 6) is 0. The largest absolute Gasteiger partial charge is 0.393 e. The Labute approximate surface area is 138 Å². The number of morpholine rings is 1. The fourth-order valence-electron chi connectivity index (χ4n) is 3.08. The van der Waals surface area contributed by atoms with E-state index < -0.39 is 6.10 Å². The standard InChI is InChI=1S/C18H28N2O3/c1-12-5-6-13(2)17(9-12)15(4)19-18(22)20-7-8-23-11-16(20)10-14(3)21/h5-6,9,14-16,21H,7-8,10-11H2,1-4H3,(H,19,22). The first-order chi connectivity index (χ1) is 10.9. The molecular formula is C18H28N2O3. The number of rotatable bonds is 4. The van der Waals surface area contributed by atoms with Gasteiger partial charge >= 0.3 is 6.03 Å². The molecule has 1 saturated heterocycles. The van der Waals surface area contributed by atoms with E-state index in [1.54, 1.807) is 11.8 Å². The van der Waals surface area contributed by atoms with Crippen LogP contribution in [0, 0.1) is 13.8 Å². The van der Waals surface area contributed by atoms with Gasteiger partial charge in [-0.2, -0.15) is 0 Å². The molecule has 5 heteroatoms. The van der Waals surface area contributed by atoms with Crippen LogP contribution in [0.3, 0.4) is 0 Å². The van der Waals surface area contributed by atoms with Crippen molar-refractivity contribution in [2.45, 2.75) is 52.3 Å². The van der Waals surface area contributed by atoms with Crippen molar-refractivity contribution < 1.29 is 14.6 Å². The fraction of sp³-hybridized carbons (Fsp3) is 0.611. The number of aryl methyl sites for hydroxylation is 2. The van der Waals surface area contributed by atoms with E-state index in [2.05, 4.69) is 37.4 Å². The molecule has 2 amide bonds. The summed E-state index contributed by atoms with van der Waals surface area (Å²) in [4.78, 5) is 14.4. The molecule has 1 heterocycles. The van der Waals surface area contributed by atoms with Gasteiger partial charge in [0, 0.05) is 6.54 Å². The number of hydrogen-bond acceptors (Lipinski definition) is 3. The average molecular weight is 320 g/mol. The summed E-state index contributed by atoms with van der Waals surface area (Å²) in [5.41, 5.74) is 3.50. The van der Waals surface area contributed by atoms with Crippen molar-refractivity contribution in [3.8, 4) is 0 Å². The van der Waals surface area contributed by atoms with Crippen molar-refractivity contribution in [3.05, 3.63) is 34.9 Å². The SMILES string of the molecule is Cc1ccc(C)c(C(C)NC(=O)N2CCOCC2CC(C)O)c1. The summed E-state index contributed by atoms with van der Waals surface area (Å²) < 4.78 is 5.46. The summed E-state index contributed by atoms with van der Waals surface area (Å²) in [7, 11) is 0. The highest BCUT2D eigenvalue weighted by Crippen LogP contribution is 2.20. The third-order valence-corrected chi connectivity index (χ3v) is 4.34. The molecule has 3 unspecified atom stereocenters. The zero-order valence-electron chi connectivity index (χ0n) is 14.5. The van der Waals surface area contributed by atoms with Crippen molar-refractivity contribution in [2.75, 3.05) is 19.8 Å². The number of ether oxygens (including phenoxy) is 1. The summed E-state index contributed by atoms with van der Waals surface area (Å²) in [5, 5.41) is 12.7.